The number of aryl methyl sites for hydroxylation is 1. The van der Waals surface area contributed by atoms with E-state index in [1.807, 2.05) is 86.5 Å². The van der Waals surface area contributed by atoms with Gasteiger partial charge in [0.25, 0.3) is 0 Å². The molecule has 670 valence electrons. The van der Waals surface area contributed by atoms with E-state index in [1.165, 1.54) is 98.7 Å². The van der Waals surface area contributed by atoms with E-state index in [0.717, 1.165) is 175 Å². The topological polar surface area (TPSA) is 240 Å². The number of piperidine rings is 3. The van der Waals surface area contributed by atoms with E-state index in [2.05, 4.69) is 257 Å². The minimum atomic E-state index is -0.297. The third-order valence-corrected chi connectivity index (χ3v) is 23.9. The molecule has 23 nitrogen and oxygen atoms in total. The van der Waals surface area contributed by atoms with Crippen LogP contribution in [0.5, 0.6) is 0 Å². The number of aromatic nitrogens is 10. The lowest BCUT2D eigenvalue weighted by Gasteiger charge is -2.40. The van der Waals surface area contributed by atoms with Gasteiger partial charge in [0, 0.05) is 172 Å². The normalized spacial score (nSPS) is 18.0. The number of anilines is 6. The van der Waals surface area contributed by atoms with E-state index in [4.69, 9.17) is 19.7 Å². The van der Waals surface area contributed by atoms with Crippen molar-refractivity contribution in [1.29, 1.82) is 0 Å². The van der Waals surface area contributed by atoms with Crippen LogP contribution < -0.4 is 31.1 Å². The second kappa shape index (κ2) is 43.9. The minimum Gasteiger partial charge on any atom is -0.377 e. The standard InChI is InChI=1S/C18H30N4O.C18H30N4.C17H28N2.C16H26N4O.C15H24N4O.C15H18N2/c1-17(2,3)14-11-15(20-12-19-14)21-13-7-9-22(10-8-13)16(23)18(4,5)6;1-18(2,3)14-12-16(19-15-6-5-7-15)20-17(13-14)22-10-8-21(4)9-11-22;1-17(2,3)14-10-11-18-15(13-14)8-9-16-7-5-6-12-19(16)4;1-16(2,3)13-9-14(17-12-10-21-11-12)19-15(18-13)20-7-5-4-6-8-20;1-5-6-14(20)19-8-11(9-19)18-13-7-12(15(2,3)4)16-10-17-13;1-15(2,3)13-6-9-17-14(11-13)10-12-4-7-16-8-5-12/h11-13H,7-10H2,1-6H3,(H,19,20,21);12-13,15H,5-11H2,1-4H3,(H,19,20);10-11,13,16H,5-9,12H2,1-4H3;9,12H,4-8,10-11H2,1-3H3,(H,17,18,19);7,10-11H,5-6,8-9H2,1-4H3,(H,16,17,18);4-9,11H,10H2,1-3H3. The van der Waals surface area contributed by atoms with Crippen LogP contribution in [0.15, 0.2) is 104 Å². The van der Waals surface area contributed by atoms with Crippen LogP contribution in [0.4, 0.5) is 35.0 Å². The van der Waals surface area contributed by atoms with Crippen LogP contribution in [0.3, 0.4) is 0 Å². The summed E-state index contributed by atoms with van der Waals surface area (Å²) < 4.78 is 5.23. The predicted octanol–water partition coefficient (Wildman–Crippen LogP) is 18.3. The molecule has 7 aliphatic rings. The smallest absolute Gasteiger partial charge is 0.227 e. The zero-order valence-electron chi connectivity index (χ0n) is 79.6. The number of rotatable bonds is 17. The maximum absolute atomic E-state index is 12.3. The number of nitrogens with zero attached hydrogens (tertiary/aromatic N) is 16. The van der Waals surface area contributed by atoms with Crippen molar-refractivity contribution in [3.8, 4) is 0 Å². The molecule has 23 heteroatoms. The number of nitrogens with one attached hydrogen (secondary N) is 4. The molecule has 7 fully saturated rings. The zero-order chi connectivity index (χ0) is 88.8. The van der Waals surface area contributed by atoms with Crippen molar-refractivity contribution in [2.24, 2.45) is 5.41 Å². The first-order valence-corrected chi connectivity index (χ1v) is 45.9. The number of pyridine rings is 4. The summed E-state index contributed by atoms with van der Waals surface area (Å²) in [4.78, 5) is 82.3. The SMILES string of the molecule is CC(C)(C)C(=O)N1CCC(Nc2cc(C(C)(C)C)ncn2)CC1.CC(C)(C)c1cc(NC2COC2)nc(N2CCCCC2)n1.CC(C)(C)c1ccnc(Cc2ccncc2)c1.CCCC(=O)N1CC(Nc2cc(C(C)(C)C)ncn2)C1.CN1CCCCC1CCc1cc(C(C)(C)C)ccn1.CN1CCN(c2cc(C(C)(C)C)cc(NC3CCC3)n2)CC1. The number of amides is 2. The van der Waals surface area contributed by atoms with E-state index in [-0.39, 0.29) is 49.7 Å². The molecule has 1 aliphatic carbocycles. The second-order valence-electron chi connectivity index (χ2n) is 42.2. The number of likely N-dealkylation sites (N-methyl/N-ethyl adjacent to an activating group) is 1. The first kappa shape index (κ1) is 97.3. The molecule has 1 atom stereocenters. The highest BCUT2D eigenvalue weighted by Crippen LogP contribution is 2.34. The first-order valence-electron chi connectivity index (χ1n) is 45.9. The average molecular weight is 1670 g/mol. The van der Waals surface area contributed by atoms with Crippen molar-refractivity contribution in [3.05, 3.63) is 155 Å². The van der Waals surface area contributed by atoms with Gasteiger partial charge in [-0.1, -0.05) is 159 Å². The average Bonchev–Trinajstić information content (AvgIpc) is 0.797. The van der Waals surface area contributed by atoms with E-state index in [1.54, 1.807) is 12.7 Å². The Labute approximate surface area is 735 Å². The molecule has 6 saturated heterocycles. The number of hydrogen-bond acceptors (Lipinski definition) is 21. The number of hydrogen-bond donors (Lipinski definition) is 4. The van der Waals surface area contributed by atoms with Gasteiger partial charge in [-0.2, -0.15) is 4.98 Å². The second-order valence-corrected chi connectivity index (χ2v) is 42.2. The Morgan fingerprint density at radius 2 is 0.951 bits per heavy atom. The molecular formula is C99H156N20O3. The Kier molecular flexibility index (Phi) is 35.0. The molecule has 13 heterocycles. The lowest BCUT2D eigenvalue weighted by molar-refractivity contribution is -0.140. The third kappa shape index (κ3) is 31.3. The minimum absolute atomic E-state index is 0.0157. The largest absolute Gasteiger partial charge is 0.377 e. The van der Waals surface area contributed by atoms with Crippen molar-refractivity contribution in [2.45, 2.75) is 318 Å². The van der Waals surface area contributed by atoms with Crippen molar-refractivity contribution < 1.29 is 14.3 Å². The van der Waals surface area contributed by atoms with Crippen molar-refractivity contribution in [2.75, 3.05) is 130 Å². The number of carbonyl (C=O) groups is 2. The van der Waals surface area contributed by atoms with Crippen LogP contribution in [0.1, 0.15) is 293 Å². The van der Waals surface area contributed by atoms with Gasteiger partial charge in [-0.05, 0) is 191 Å². The summed E-state index contributed by atoms with van der Waals surface area (Å²) in [6, 6.07) is 25.9. The van der Waals surface area contributed by atoms with Crippen molar-refractivity contribution in [1.82, 2.24) is 69.4 Å². The first-order chi connectivity index (χ1) is 57.4. The molecule has 14 rings (SSSR count). The molecule has 122 heavy (non-hydrogen) atoms. The molecule has 0 spiro atoms. The van der Waals surface area contributed by atoms with E-state index in [9.17, 15) is 9.59 Å². The van der Waals surface area contributed by atoms with Crippen LogP contribution in [0.25, 0.3) is 0 Å². The fourth-order valence-corrected chi connectivity index (χ4v) is 15.3. The van der Waals surface area contributed by atoms with Crippen LogP contribution in [-0.4, -0.2) is 211 Å². The zero-order valence-corrected chi connectivity index (χ0v) is 79.6. The Bertz CT molecular complexity index is 4340. The van der Waals surface area contributed by atoms with Gasteiger partial charge in [-0.15, -0.1) is 0 Å². The maximum atomic E-state index is 12.3. The molecule has 1 unspecified atom stereocenters. The van der Waals surface area contributed by atoms with Crippen molar-refractivity contribution >= 4 is 46.9 Å². The Hall–Kier alpha value is -8.54. The summed E-state index contributed by atoms with van der Waals surface area (Å²) in [5.74, 6) is 6.24. The molecule has 7 aromatic heterocycles. The fourth-order valence-electron chi connectivity index (χ4n) is 15.3. The molecule has 0 radical (unpaired) electrons. The summed E-state index contributed by atoms with van der Waals surface area (Å²) in [5, 5.41) is 14.0. The van der Waals surface area contributed by atoms with Gasteiger partial charge in [0.2, 0.25) is 17.8 Å². The number of ether oxygens (including phenoxy) is 1. The highest BCUT2D eigenvalue weighted by atomic mass is 16.5. The Morgan fingerprint density at radius 1 is 0.434 bits per heavy atom. The molecule has 1 saturated carbocycles. The molecule has 0 aromatic carbocycles. The van der Waals surface area contributed by atoms with Crippen LogP contribution >= 0.6 is 0 Å². The van der Waals surface area contributed by atoms with Crippen LogP contribution in [0.2, 0.25) is 0 Å². The molecule has 7 aromatic rings. The summed E-state index contributed by atoms with van der Waals surface area (Å²) in [6.45, 7) is 60.2. The summed E-state index contributed by atoms with van der Waals surface area (Å²) in [5.41, 5.74) is 11.2. The van der Waals surface area contributed by atoms with Gasteiger partial charge in [0.15, 0.2) is 0 Å². The number of piperazine rings is 1. The van der Waals surface area contributed by atoms with Crippen molar-refractivity contribution in [3.63, 3.8) is 0 Å². The van der Waals surface area contributed by atoms with Crippen LogP contribution in [-0.2, 0) is 59.7 Å². The number of likely N-dealkylation sites (tertiary alicyclic amines) is 3. The predicted molar refractivity (Wildman–Crippen MR) is 503 cm³/mol. The van der Waals surface area contributed by atoms with Gasteiger partial charge in [-0.25, -0.2) is 29.9 Å². The van der Waals surface area contributed by atoms with E-state index in [0.29, 0.717) is 30.6 Å². The summed E-state index contributed by atoms with van der Waals surface area (Å²) in [7, 11) is 4.46. The van der Waals surface area contributed by atoms with E-state index < -0.39 is 0 Å². The monoisotopic (exact) mass is 1670 g/mol. The molecule has 6 aliphatic heterocycles. The van der Waals surface area contributed by atoms with Crippen LogP contribution in [0, 0.1) is 5.41 Å². The quantitative estimate of drug-likeness (QED) is 0.0662. The Balaban J connectivity index is 0.000000167. The summed E-state index contributed by atoms with van der Waals surface area (Å²) in [6.07, 6.45) is 29.3. The summed E-state index contributed by atoms with van der Waals surface area (Å²) >= 11 is 0. The molecular weight excluding hydrogens is 1520 g/mol. The van der Waals surface area contributed by atoms with Gasteiger partial charge in [0.05, 0.1) is 42.4 Å². The van der Waals surface area contributed by atoms with Gasteiger partial charge >= 0.3 is 0 Å². The maximum Gasteiger partial charge on any atom is 0.227 e. The fraction of sp³-hybridized carbons (Fsp3) is 0.657. The van der Waals surface area contributed by atoms with Gasteiger partial charge in [0.1, 0.15) is 41.7 Å². The third-order valence-electron chi connectivity index (χ3n) is 23.9. The van der Waals surface area contributed by atoms with Gasteiger partial charge < -0.3 is 55.4 Å². The molecule has 2 amide bonds. The van der Waals surface area contributed by atoms with E-state index >= 15 is 0 Å². The lowest BCUT2D eigenvalue weighted by atomic mass is 9.87. The highest BCUT2D eigenvalue weighted by Gasteiger charge is 2.34. The Morgan fingerprint density at radius 3 is 1.47 bits per heavy atom. The van der Waals surface area contributed by atoms with Gasteiger partial charge in [-0.3, -0.25) is 24.5 Å². The molecule has 4 N–H and O–H groups in total. The highest BCUT2D eigenvalue weighted by molar-refractivity contribution is 5.81. The lowest BCUT2D eigenvalue weighted by Crippen LogP contribution is -2.57. The molecule has 0 bridgehead atoms. The number of carbonyl (C=O) groups excluding carboxylic acids is 2.